The van der Waals surface area contributed by atoms with Crippen LogP contribution in [0.5, 0.6) is 0 Å². The van der Waals surface area contributed by atoms with Gasteiger partial charge in [-0.3, -0.25) is 9.78 Å². The van der Waals surface area contributed by atoms with Gasteiger partial charge >= 0.3 is 35.5 Å². The van der Waals surface area contributed by atoms with E-state index in [0.29, 0.717) is 31.9 Å². The monoisotopic (exact) mass is 427 g/mol. The van der Waals surface area contributed by atoms with E-state index in [9.17, 15) is 14.7 Å². The molecule has 0 bridgehead atoms. The Bertz CT molecular complexity index is 1070. The third-order valence-electron chi connectivity index (χ3n) is 4.97. The topological polar surface area (TPSA) is 91.8 Å². The number of aromatic nitrogens is 1. The van der Waals surface area contributed by atoms with Gasteiger partial charge in [-0.1, -0.05) is 30.3 Å². The van der Waals surface area contributed by atoms with Crippen LogP contribution in [0.25, 0.3) is 11.1 Å². The number of carbonyl (C=O) groups is 2. The number of rotatable bonds is 5. The zero-order valence-electron chi connectivity index (χ0n) is 16.2. The number of carboxylic acids is 1. The van der Waals surface area contributed by atoms with Crippen LogP contribution in [0.1, 0.15) is 20.7 Å². The average molecular weight is 427 g/mol. The molecule has 1 aliphatic heterocycles. The van der Waals surface area contributed by atoms with Gasteiger partial charge in [-0.25, -0.2) is 4.79 Å². The van der Waals surface area contributed by atoms with E-state index in [4.69, 9.17) is 4.74 Å². The number of hydrogen-bond donors (Lipinski definition) is 2. The van der Waals surface area contributed by atoms with E-state index in [1.807, 2.05) is 30.3 Å². The molecule has 0 saturated carbocycles. The van der Waals surface area contributed by atoms with Crippen molar-refractivity contribution in [3.8, 4) is 11.1 Å². The van der Waals surface area contributed by atoms with Gasteiger partial charge in [0.1, 0.15) is 0 Å². The molecule has 154 valence electrons. The predicted molar refractivity (Wildman–Crippen MR) is 121 cm³/mol. The molecule has 1 saturated heterocycles. The van der Waals surface area contributed by atoms with Gasteiger partial charge in [0.25, 0.3) is 5.91 Å². The number of aromatic carboxylic acids is 1. The summed E-state index contributed by atoms with van der Waals surface area (Å²) in [7, 11) is 0. The molecule has 1 fully saturated rings. The van der Waals surface area contributed by atoms with E-state index < -0.39 is 11.9 Å². The standard InChI is InChI=1S/C23H21N3O4.Na.H/c27-22(18-12-17(14-24-15-18)16-4-2-1-3-5-16)25-21-13-19(6-7-20(21)23(28)29)26-8-10-30-11-9-26;;/h1-7,12-15H,8-11H2,(H,25,27)(H,28,29);;. The Labute approximate surface area is 202 Å². The number of morpholine rings is 1. The Balaban J connectivity index is 0.00000272. The predicted octanol–water partition coefficient (Wildman–Crippen LogP) is 2.89. The summed E-state index contributed by atoms with van der Waals surface area (Å²) in [4.78, 5) is 30.8. The number of nitrogens with one attached hydrogen (secondary N) is 1. The first kappa shape index (κ1) is 23.0. The second-order valence-corrected chi connectivity index (χ2v) is 6.92. The Kier molecular flexibility index (Phi) is 7.81. The number of ether oxygens (including phenoxy) is 1. The molecule has 0 radical (unpaired) electrons. The normalized spacial score (nSPS) is 13.2. The second-order valence-electron chi connectivity index (χ2n) is 6.92. The summed E-state index contributed by atoms with van der Waals surface area (Å²) in [6.07, 6.45) is 3.15. The first-order valence-electron chi connectivity index (χ1n) is 9.64. The van der Waals surface area contributed by atoms with Crippen molar-refractivity contribution in [1.82, 2.24) is 4.98 Å². The molecule has 2 aromatic carbocycles. The van der Waals surface area contributed by atoms with Crippen LogP contribution >= 0.6 is 0 Å². The summed E-state index contributed by atoms with van der Waals surface area (Å²) in [5, 5.41) is 12.3. The molecule has 0 spiro atoms. The van der Waals surface area contributed by atoms with Gasteiger partial charge in [0, 0.05) is 36.7 Å². The molecule has 2 heterocycles. The fourth-order valence-corrected chi connectivity index (χ4v) is 3.39. The molecule has 3 aromatic rings. The van der Waals surface area contributed by atoms with Gasteiger partial charge in [0.05, 0.1) is 30.0 Å². The van der Waals surface area contributed by atoms with E-state index in [1.54, 1.807) is 24.4 Å². The van der Waals surface area contributed by atoms with Crippen molar-refractivity contribution < 1.29 is 19.4 Å². The van der Waals surface area contributed by atoms with Crippen LogP contribution in [-0.2, 0) is 4.74 Å². The Morgan fingerprint density at radius 2 is 1.71 bits per heavy atom. The minimum absolute atomic E-state index is 0. The zero-order chi connectivity index (χ0) is 20.9. The summed E-state index contributed by atoms with van der Waals surface area (Å²) in [6.45, 7) is 2.65. The first-order valence-corrected chi connectivity index (χ1v) is 9.64. The van der Waals surface area contributed by atoms with Gasteiger partial charge in [-0.05, 0) is 29.8 Å². The maximum atomic E-state index is 12.9. The maximum absolute atomic E-state index is 12.9. The Hall–Kier alpha value is -2.71. The van der Waals surface area contributed by atoms with Crippen LogP contribution in [-0.4, -0.2) is 77.8 Å². The van der Waals surface area contributed by atoms with E-state index in [-0.39, 0.29) is 40.8 Å². The van der Waals surface area contributed by atoms with Crippen LogP contribution in [0.15, 0.2) is 67.0 Å². The molecule has 1 aliphatic rings. The molecule has 31 heavy (non-hydrogen) atoms. The molecular formula is C23H22N3NaO4. The summed E-state index contributed by atoms with van der Waals surface area (Å²) in [5.41, 5.74) is 3.23. The first-order chi connectivity index (χ1) is 14.6. The van der Waals surface area contributed by atoms with Gasteiger partial charge in [0.2, 0.25) is 0 Å². The summed E-state index contributed by atoms with van der Waals surface area (Å²) in [5.74, 6) is -1.52. The van der Waals surface area contributed by atoms with E-state index in [1.165, 1.54) is 12.3 Å². The van der Waals surface area contributed by atoms with Gasteiger partial charge in [-0.15, -0.1) is 0 Å². The molecule has 1 aromatic heterocycles. The van der Waals surface area contributed by atoms with Crippen LogP contribution < -0.4 is 10.2 Å². The summed E-state index contributed by atoms with van der Waals surface area (Å²) in [6, 6.07) is 16.3. The van der Waals surface area contributed by atoms with Crippen molar-refractivity contribution >= 4 is 52.8 Å². The fraction of sp³-hybridized carbons (Fsp3) is 0.174. The van der Waals surface area contributed by atoms with Crippen LogP contribution in [0, 0.1) is 0 Å². The number of benzene rings is 2. The van der Waals surface area contributed by atoms with Crippen molar-refractivity contribution in [1.29, 1.82) is 0 Å². The fourth-order valence-electron chi connectivity index (χ4n) is 3.39. The molecule has 7 nitrogen and oxygen atoms in total. The average Bonchev–Trinajstić information content (AvgIpc) is 2.80. The molecule has 0 atom stereocenters. The minimum atomic E-state index is -1.10. The van der Waals surface area contributed by atoms with Gasteiger partial charge < -0.3 is 20.1 Å². The third-order valence-corrected chi connectivity index (χ3v) is 4.97. The number of anilines is 2. The number of pyridine rings is 1. The molecule has 4 rings (SSSR count). The quantitative estimate of drug-likeness (QED) is 0.609. The van der Waals surface area contributed by atoms with Crippen LogP contribution in [0.2, 0.25) is 0 Å². The SMILES string of the molecule is O=C(Nc1cc(N2CCOCC2)ccc1C(=O)O)c1cncc(-c2ccccc2)c1.[NaH]. The molecule has 0 aliphatic carbocycles. The van der Waals surface area contributed by atoms with Crippen LogP contribution in [0.3, 0.4) is 0 Å². The third kappa shape index (κ3) is 5.51. The Morgan fingerprint density at radius 3 is 2.42 bits per heavy atom. The summed E-state index contributed by atoms with van der Waals surface area (Å²) < 4.78 is 5.37. The van der Waals surface area contributed by atoms with Crippen molar-refractivity contribution in [2.75, 3.05) is 36.5 Å². The van der Waals surface area contributed by atoms with Crippen molar-refractivity contribution in [3.05, 3.63) is 78.1 Å². The van der Waals surface area contributed by atoms with Crippen LogP contribution in [0.4, 0.5) is 11.4 Å². The molecule has 1 amide bonds. The number of carbonyl (C=O) groups excluding carboxylic acids is 1. The zero-order valence-corrected chi connectivity index (χ0v) is 16.2. The van der Waals surface area contributed by atoms with Crippen molar-refractivity contribution in [3.63, 3.8) is 0 Å². The van der Waals surface area contributed by atoms with E-state index in [2.05, 4.69) is 15.2 Å². The van der Waals surface area contributed by atoms with Crippen molar-refractivity contribution in [2.45, 2.75) is 0 Å². The second kappa shape index (κ2) is 10.5. The number of carboxylic acid groups (broad SMARTS) is 1. The number of hydrogen-bond acceptors (Lipinski definition) is 5. The molecule has 2 N–H and O–H groups in total. The Morgan fingerprint density at radius 1 is 0.968 bits per heavy atom. The van der Waals surface area contributed by atoms with Crippen molar-refractivity contribution in [2.24, 2.45) is 0 Å². The molecule has 8 heteroatoms. The van der Waals surface area contributed by atoms with Gasteiger partial charge in [-0.2, -0.15) is 0 Å². The van der Waals surface area contributed by atoms with E-state index >= 15 is 0 Å². The molecular weight excluding hydrogens is 405 g/mol. The van der Waals surface area contributed by atoms with Gasteiger partial charge in [0.15, 0.2) is 0 Å². The number of amides is 1. The molecule has 0 unspecified atom stereocenters. The van der Waals surface area contributed by atoms with E-state index in [0.717, 1.165) is 16.8 Å². The summed E-state index contributed by atoms with van der Waals surface area (Å²) >= 11 is 0. The number of nitrogens with zero attached hydrogens (tertiary/aromatic N) is 2.